The third-order valence-electron chi connectivity index (χ3n) is 7.35. The van der Waals surface area contributed by atoms with Crippen LogP contribution in [0.3, 0.4) is 0 Å². The molecule has 4 aromatic carbocycles. The topological polar surface area (TPSA) is 64.0 Å². The molecular weight excluding hydrogens is 533 g/mol. The summed E-state index contributed by atoms with van der Waals surface area (Å²) in [5, 5.41) is 0. The van der Waals surface area contributed by atoms with Crippen molar-refractivity contribution in [3.05, 3.63) is 162 Å². The Balaban J connectivity index is 1.27. The van der Waals surface area contributed by atoms with Gasteiger partial charge in [0.05, 0.1) is 17.8 Å². The Morgan fingerprint density at radius 3 is 1.78 bits per heavy atom. The van der Waals surface area contributed by atoms with E-state index < -0.39 is 15.6 Å². The van der Waals surface area contributed by atoms with Gasteiger partial charge in [-0.15, -0.1) is 0 Å². The van der Waals surface area contributed by atoms with Crippen LogP contribution in [0.2, 0.25) is 0 Å². The number of sulfonamides is 1. The summed E-state index contributed by atoms with van der Waals surface area (Å²) >= 11 is 0. The van der Waals surface area contributed by atoms with Crippen LogP contribution in [0.1, 0.15) is 47.2 Å². The monoisotopic (exact) mass is 567 g/mol. The van der Waals surface area contributed by atoms with E-state index >= 15 is 0 Å². The number of aromatic nitrogens is 2. The molecule has 0 unspecified atom stereocenters. The lowest BCUT2D eigenvalue weighted by Gasteiger charge is -2.37. The van der Waals surface area contributed by atoms with Crippen LogP contribution in [0, 0.1) is 5.82 Å². The maximum absolute atomic E-state index is 13.1. The van der Waals surface area contributed by atoms with Crippen molar-refractivity contribution in [3.8, 4) is 0 Å². The van der Waals surface area contributed by atoms with E-state index in [1.54, 1.807) is 12.1 Å². The molecule has 0 aliphatic rings. The fourth-order valence-electron chi connectivity index (χ4n) is 5.30. The zero-order valence-electron chi connectivity index (χ0n) is 22.9. The van der Waals surface area contributed by atoms with Gasteiger partial charge in [-0.05, 0) is 53.6 Å². The van der Waals surface area contributed by atoms with Gasteiger partial charge in [-0.2, -0.15) is 0 Å². The molecule has 1 N–H and O–H groups in total. The molecule has 0 bridgehead atoms. The van der Waals surface area contributed by atoms with E-state index in [2.05, 4.69) is 88.3 Å². The molecule has 5 nitrogen and oxygen atoms in total. The number of hydrogen-bond acceptors (Lipinski definition) is 3. The lowest BCUT2D eigenvalue weighted by molar-refractivity contribution is 0.514. The molecule has 5 rings (SSSR count). The van der Waals surface area contributed by atoms with Gasteiger partial charge in [-0.25, -0.2) is 22.5 Å². The van der Waals surface area contributed by atoms with Crippen molar-refractivity contribution >= 4 is 10.0 Å². The van der Waals surface area contributed by atoms with Gasteiger partial charge < -0.3 is 4.57 Å². The molecular formula is C34H34FN3O2S. The van der Waals surface area contributed by atoms with Crippen LogP contribution in [0.15, 0.2) is 128 Å². The van der Waals surface area contributed by atoms with Crippen LogP contribution >= 0.6 is 0 Å². The van der Waals surface area contributed by atoms with E-state index in [1.165, 1.54) is 12.1 Å². The highest BCUT2D eigenvalue weighted by molar-refractivity contribution is 7.89. The first kappa shape index (κ1) is 28.5. The first-order valence-corrected chi connectivity index (χ1v) is 15.5. The predicted molar refractivity (Wildman–Crippen MR) is 161 cm³/mol. The Labute approximate surface area is 241 Å². The molecule has 0 fully saturated rings. The molecule has 0 saturated carbocycles. The summed E-state index contributed by atoms with van der Waals surface area (Å²) in [6.07, 6.45) is 6.94. The number of nitrogens with zero attached hydrogens (tertiary/aromatic N) is 2. The predicted octanol–water partition coefficient (Wildman–Crippen LogP) is 6.69. The quantitative estimate of drug-likeness (QED) is 0.127. The van der Waals surface area contributed by atoms with Crippen molar-refractivity contribution in [1.82, 2.24) is 14.3 Å². The van der Waals surface area contributed by atoms with Crippen LogP contribution in [0.4, 0.5) is 4.39 Å². The molecule has 41 heavy (non-hydrogen) atoms. The first-order chi connectivity index (χ1) is 20.0. The number of benzene rings is 4. The summed E-state index contributed by atoms with van der Waals surface area (Å²) < 4.78 is 42.7. The summed E-state index contributed by atoms with van der Waals surface area (Å²) in [4.78, 5) is 4.78. The second kappa shape index (κ2) is 13.1. The summed E-state index contributed by atoms with van der Waals surface area (Å²) in [7, 11) is -3.41. The molecule has 5 aromatic rings. The van der Waals surface area contributed by atoms with E-state index in [-0.39, 0.29) is 18.1 Å². The minimum absolute atomic E-state index is 0.0573. The zero-order valence-corrected chi connectivity index (χ0v) is 23.7. The van der Waals surface area contributed by atoms with E-state index in [0.717, 1.165) is 47.2 Å². The number of imidazole rings is 1. The number of hydrogen-bond donors (Lipinski definition) is 1. The standard InChI is InChI=1S/C34H34FN3O2S/c35-32-22-20-28(21-23-32)25-37-41(39,40)24-12-4-11-19-33-26-38(27-36-33)34(29-13-5-1-6-14-29,30-15-7-2-8-16-30)31-17-9-3-10-18-31/h1-3,5-10,13-18,20-23,26-27,37H,4,11-12,19,24-25H2. The van der Waals surface area contributed by atoms with Crippen molar-refractivity contribution in [2.75, 3.05) is 5.75 Å². The second-order valence-electron chi connectivity index (χ2n) is 10.2. The Bertz CT molecular complexity index is 1530. The lowest BCUT2D eigenvalue weighted by atomic mass is 9.77. The average Bonchev–Trinajstić information content (AvgIpc) is 3.48. The van der Waals surface area contributed by atoms with Gasteiger partial charge in [-0.1, -0.05) is 110 Å². The average molecular weight is 568 g/mol. The Hall–Kier alpha value is -4.07. The number of nitrogens with one attached hydrogen (secondary N) is 1. The van der Waals surface area contributed by atoms with E-state index in [9.17, 15) is 12.8 Å². The van der Waals surface area contributed by atoms with Gasteiger partial charge in [0.15, 0.2) is 0 Å². The van der Waals surface area contributed by atoms with Crippen LogP contribution in [0.5, 0.6) is 0 Å². The van der Waals surface area contributed by atoms with E-state index in [1.807, 2.05) is 24.5 Å². The number of rotatable bonds is 13. The summed E-state index contributed by atoms with van der Waals surface area (Å²) in [5.41, 5.74) is 4.51. The highest BCUT2D eigenvalue weighted by Crippen LogP contribution is 2.40. The third-order valence-corrected chi connectivity index (χ3v) is 8.76. The van der Waals surface area contributed by atoms with Crippen LogP contribution < -0.4 is 4.72 Å². The highest BCUT2D eigenvalue weighted by Gasteiger charge is 2.38. The maximum Gasteiger partial charge on any atom is 0.211 e. The summed E-state index contributed by atoms with van der Waals surface area (Å²) in [6.45, 7) is 0.159. The van der Waals surface area contributed by atoms with Crippen LogP contribution in [0.25, 0.3) is 0 Å². The maximum atomic E-state index is 13.1. The molecule has 0 amide bonds. The van der Waals surface area contributed by atoms with E-state index in [4.69, 9.17) is 4.98 Å². The van der Waals surface area contributed by atoms with Crippen molar-refractivity contribution in [2.45, 2.75) is 37.8 Å². The van der Waals surface area contributed by atoms with Gasteiger partial charge in [0.2, 0.25) is 10.0 Å². The fourth-order valence-corrected chi connectivity index (χ4v) is 6.42. The van der Waals surface area contributed by atoms with Crippen LogP contribution in [-0.2, 0) is 28.5 Å². The Morgan fingerprint density at radius 2 is 1.24 bits per heavy atom. The Morgan fingerprint density at radius 1 is 0.707 bits per heavy atom. The fraction of sp³-hybridized carbons (Fsp3) is 0.206. The number of halogens is 1. The lowest BCUT2D eigenvalue weighted by Crippen LogP contribution is -2.36. The molecule has 7 heteroatoms. The minimum Gasteiger partial charge on any atom is -0.319 e. The third kappa shape index (κ3) is 6.81. The van der Waals surface area contributed by atoms with Gasteiger partial charge in [0.1, 0.15) is 11.4 Å². The van der Waals surface area contributed by atoms with Crippen molar-refractivity contribution < 1.29 is 12.8 Å². The highest BCUT2D eigenvalue weighted by atomic mass is 32.2. The van der Waals surface area contributed by atoms with Gasteiger partial charge in [0.25, 0.3) is 0 Å². The normalized spacial score (nSPS) is 11.9. The minimum atomic E-state index is -3.41. The SMILES string of the molecule is O=S(=O)(CCCCCc1cn(C(c2ccccc2)(c2ccccc2)c2ccccc2)cn1)NCc1ccc(F)cc1. The molecule has 1 heterocycles. The van der Waals surface area contributed by atoms with Crippen molar-refractivity contribution in [1.29, 1.82) is 0 Å². The zero-order chi connectivity index (χ0) is 28.5. The summed E-state index contributed by atoms with van der Waals surface area (Å²) in [6, 6.07) is 37.2. The van der Waals surface area contributed by atoms with Gasteiger partial charge in [-0.3, -0.25) is 0 Å². The molecule has 210 valence electrons. The molecule has 0 spiro atoms. The molecule has 0 aliphatic heterocycles. The molecule has 0 atom stereocenters. The Kier molecular flexibility index (Phi) is 9.07. The van der Waals surface area contributed by atoms with Gasteiger partial charge in [0, 0.05) is 12.7 Å². The van der Waals surface area contributed by atoms with Crippen molar-refractivity contribution in [2.24, 2.45) is 0 Å². The largest absolute Gasteiger partial charge is 0.319 e. The molecule has 0 aliphatic carbocycles. The molecule has 0 radical (unpaired) electrons. The second-order valence-corrected chi connectivity index (χ2v) is 12.1. The first-order valence-electron chi connectivity index (χ1n) is 13.9. The smallest absolute Gasteiger partial charge is 0.211 e. The van der Waals surface area contributed by atoms with E-state index in [0.29, 0.717) is 6.42 Å². The molecule has 0 saturated heterocycles. The van der Waals surface area contributed by atoms with Gasteiger partial charge >= 0.3 is 0 Å². The number of unbranched alkanes of at least 4 members (excludes halogenated alkanes) is 2. The van der Waals surface area contributed by atoms with Crippen molar-refractivity contribution in [3.63, 3.8) is 0 Å². The number of aryl methyl sites for hydroxylation is 1. The molecule has 1 aromatic heterocycles. The summed E-state index contributed by atoms with van der Waals surface area (Å²) in [5.74, 6) is -0.283. The van der Waals surface area contributed by atoms with Crippen LogP contribution in [-0.4, -0.2) is 23.7 Å².